The van der Waals surface area contributed by atoms with Crippen molar-refractivity contribution in [1.29, 1.82) is 0 Å². The number of hydrogen-bond acceptors (Lipinski definition) is 8. The molecular weight excluding hydrogens is 713 g/mol. The third-order valence-electron chi connectivity index (χ3n) is 8.65. The van der Waals surface area contributed by atoms with E-state index in [-0.39, 0.29) is 45.5 Å². The van der Waals surface area contributed by atoms with E-state index in [4.69, 9.17) is 9.47 Å². The minimum atomic E-state index is -4.24. The van der Waals surface area contributed by atoms with Gasteiger partial charge in [0.25, 0.3) is 10.0 Å². The fourth-order valence-corrected chi connectivity index (χ4v) is 8.76. The van der Waals surface area contributed by atoms with Gasteiger partial charge >= 0.3 is 5.97 Å². The number of esters is 1. The molecule has 2 heterocycles. The van der Waals surface area contributed by atoms with Gasteiger partial charge in [0.2, 0.25) is 0 Å². The first-order valence-electron chi connectivity index (χ1n) is 16.3. The van der Waals surface area contributed by atoms with Crippen molar-refractivity contribution >= 4 is 36.7 Å². The number of rotatable bonds is 12. The maximum Gasteiger partial charge on any atom is 0.306 e. The predicted octanol–water partition coefficient (Wildman–Crippen LogP) is 7.63. The number of halogens is 2. The van der Waals surface area contributed by atoms with Crippen LogP contribution in [0.1, 0.15) is 43.0 Å². The second-order valence-corrected chi connectivity index (χ2v) is 16.0. The lowest BCUT2D eigenvalue weighted by Crippen LogP contribution is -2.13. The quantitative estimate of drug-likeness (QED) is 0.117. The second kappa shape index (κ2) is 14.4. The molecule has 6 aromatic rings. The van der Waals surface area contributed by atoms with E-state index in [9.17, 15) is 21.6 Å². The van der Waals surface area contributed by atoms with Crippen LogP contribution in [0.3, 0.4) is 0 Å². The van der Waals surface area contributed by atoms with E-state index in [1.165, 1.54) is 36.7 Å². The Morgan fingerprint density at radius 2 is 1.69 bits per heavy atom. The molecule has 270 valence electrons. The van der Waals surface area contributed by atoms with Crippen LogP contribution in [0.25, 0.3) is 22.2 Å². The summed E-state index contributed by atoms with van der Waals surface area (Å²) in [6, 6.07) is 20.9. The number of ether oxygens (including phenoxy) is 2. The van der Waals surface area contributed by atoms with E-state index in [2.05, 4.69) is 5.10 Å². The van der Waals surface area contributed by atoms with Gasteiger partial charge in [-0.3, -0.25) is 9.48 Å². The molecule has 0 radical (unpaired) electrons. The van der Waals surface area contributed by atoms with Crippen LogP contribution in [0.2, 0.25) is 0 Å². The van der Waals surface area contributed by atoms with Gasteiger partial charge in [0.1, 0.15) is 16.5 Å². The molecule has 10 nitrogen and oxygen atoms in total. The number of carbonyl (C=O) groups excluding carboxylic acids is 1. The Labute approximate surface area is 300 Å². The molecule has 4 aromatic carbocycles. The van der Waals surface area contributed by atoms with Crippen LogP contribution >= 0.6 is 0 Å². The summed E-state index contributed by atoms with van der Waals surface area (Å²) < 4.78 is 98.4. The second-order valence-electron chi connectivity index (χ2n) is 12.2. The van der Waals surface area contributed by atoms with Crippen molar-refractivity contribution in [3.05, 3.63) is 126 Å². The smallest absolute Gasteiger partial charge is 0.306 e. The maximum atomic E-state index is 16.0. The van der Waals surface area contributed by atoms with Crippen LogP contribution < -0.4 is 4.74 Å². The number of carbonyl (C=O) groups is 1. The molecule has 0 aliphatic heterocycles. The van der Waals surface area contributed by atoms with Crippen LogP contribution in [0, 0.1) is 18.6 Å². The van der Waals surface area contributed by atoms with Crippen molar-refractivity contribution in [2.45, 2.75) is 49.4 Å². The lowest BCUT2D eigenvalue weighted by Gasteiger charge is -2.18. The van der Waals surface area contributed by atoms with E-state index in [1.807, 2.05) is 31.2 Å². The topological polar surface area (TPSA) is 127 Å². The molecule has 0 saturated carbocycles. The average molecular weight is 748 g/mol. The molecule has 0 saturated heterocycles. The van der Waals surface area contributed by atoms with Crippen molar-refractivity contribution in [3.8, 4) is 22.8 Å². The Balaban J connectivity index is 1.36. The molecule has 6 rings (SSSR count). The highest BCUT2D eigenvalue weighted by Gasteiger charge is 2.29. The number of sulfone groups is 1. The largest absolute Gasteiger partial charge is 0.466 e. The summed E-state index contributed by atoms with van der Waals surface area (Å²) in [7, 11) is -8.46. The molecule has 0 amide bonds. The van der Waals surface area contributed by atoms with Crippen LogP contribution in [0.15, 0.2) is 107 Å². The molecule has 1 atom stereocenters. The van der Waals surface area contributed by atoms with Gasteiger partial charge in [0, 0.05) is 42.1 Å². The van der Waals surface area contributed by atoms with E-state index in [0.29, 0.717) is 24.3 Å². The molecule has 0 N–H and O–H groups in total. The van der Waals surface area contributed by atoms with Gasteiger partial charge in [-0.2, -0.15) is 5.10 Å². The van der Waals surface area contributed by atoms with E-state index >= 15 is 8.78 Å². The van der Waals surface area contributed by atoms with Crippen molar-refractivity contribution in [2.75, 3.05) is 12.9 Å². The summed E-state index contributed by atoms with van der Waals surface area (Å²) in [5.41, 5.74) is 2.44. The summed E-state index contributed by atoms with van der Waals surface area (Å²) >= 11 is 0. The molecule has 1 unspecified atom stereocenters. The van der Waals surface area contributed by atoms with E-state index in [0.717, 1.165) is 33.5 Å². The van der Waals surface area contributed by atoms with E-state index in [1.54, 1.807) is 42.8 Å². The van der Waals surface area contributed by atoms with Crippen molar-refractivity contribution in [1.82, 2.24) is 13.8 Å². The normalized spacial score (nSPS) is 12.6. The Morgan fingerprint density at radius 3 is 2.42 bits per heavy atom. The van der Waals surface area contributed by atoms with Gasteiger partial charge in [0.05, 0.1) is 28.8 Å². The van der Waals surface area contributed by atoms with Crippen LogP contribution in [0.4, 0.5) is 8.78 Å². The summed E-state index contributed by atoms with van der Waals surface area (Å²) in [6.45, 7) is 5.55. The molecule has 0 aliphatic rings. The molecular formula is C38H35F2N3O7S2. The lowest BCUT2D eigenvalue weighted by atomic mass is 10.0. The first-order chi connectivity index (χ1) is 24.7. The minimum absolute atomic E-state index is 0.0248. The summed E-state index contributed by atoms with van der Waals surface area (Å²) in [4.78, 5) is 11.3. The summed E-state index contributed by atoms with van der Waals surface area (Å²) in [5, 5.41) is 4.37. The molecule has 2 aromatic heterocycles. The maximum absolute atomic E-state index is 16.0. The van der Waals surface area contributed by atoms with Crippen LogP contribution in [0.5, 0.6) is 11.5 Å². The van der Waals surface area contributed by atoms with Gasteiger partial charge in [-0.15, -0.1) is 0 Å². The van der Waals surface area contributed by atoms with Gasteiger partial charge in [0.15, 0.2) is 21.4 Å². The average Bonchev–Trinajstić information content (AvgIpc) is 3.76. The Bertz CT molecular complexity index is 2540. The van der Waals surface area contributed by atoms with E-state index < -0.39 is 42.1 Å². The minimum Gasteiger partial charge on any atom is -0.466 e. The summed E-state index contributed by atoms with van der Waals surface area (Å²) in [5.74, 6) is -2.81. The standard InChI is InChI=1S/C38H35F2N3O7S2/c1-5-49-36(44)16-13-26-10-8-11-27(21-26)25(3)43-33(17-19-41-43)30-22-28(14-15-31(30)39)50-37-32(40)23-34-29(38(37)51(4,45)46)18-20-42(34)52(47,48)35-12-7-6-9-24(35)2/h6-12,14-15,17-23,25H,5,13,16H2,1-4H3. The first kappa shape index (κ1) is 36.5. The number of hydrogen-bond donors (Lipinski definition) is 0. The Morgan fingerprint density at radius 1 is 0.923 bits per heavy atom. The predicted molar refractivity (Wildman–Crippen MR) is 192 cm³/mol. The van der Waals surface area contributed by atoms with Crippen molar-refractivity contribution < 1.29 is 39.9 Å². The Kier molecular flexibility index (Phi) is 10.1. The van der Waals surface area contributed by atoms with Gasteiger partial charge in [-0.25, -0.2) is 29.6 Å². The zero-order valence-electron chi connectivity index (χ0n) is 28.7. The zero-order valence-corrected chi connectivity index (χ0v) is 30.3. The third-order valence-corrected chi connectivity index (χ3v) is 11.6. The van der Waals surface area contributed by atoms with Gasteiger partial charge < -0.3 is 9.47 Å². The SMILES string of the molecule is CCOC(=O)CCc1cccc(C(C)n2nccc2-c2cc(Oc3c(F)cc4c(ccn4S(=O)(=O)c4ccccc4C)c3S(C)(=O)=O)ccc2F)c1. The number of benzene rings is 4. The number of fused-ring (bicyclic) bond motifs is 1. The molecule has 0 spiro atoms. The fraction of sp³-hybridized carbons (Fsp3) is 0.211. The van der Waals surface area contributed by atoms with Crippen LogP contribution in [-0.2, 0) is 35.8 Å². The van der Waals surface area contributed by atoms with Crippen LogP contribution in [-0.4, -0.2) is 49.4 Å². The zero-order chi connectivity index (χ0) is 37.4. The monoisotopic (exact) mass is 747 g/mol. The molecule has 0 bridgehead atoms. The van der Waals surface area contributed by atoms with Crippen molar-refractivity contribution in [2.24, 2.45) is 0 Å². The number of aryl methyl sites for hydroxylation is 2. The molecule has 0 fully saturated rings. The number of aromatic nitrogens is 3. The highest BCUT2D eigenvalue weighted by Crippen LogP contribution is 2.40. The first-order valence-corrected chi connectivity index (χ1v) is 19.6. The molecule has 14 heteroatoms. The third kappa shape index (κ3) is 7.08. The highest BCUT2D eigenvalue weighted by atomic mass is 32.2. The summed E-state index contributed by atoms with van der Waals surface area (Å²) in [6.07, 6.45) is 4.24. The Hall–Kier alpha value is -5.34. The fourth-order valence-electron chi connectivity index (χ4n) is 6.15. The van der Waals surface area contributed by atoms with Gasteiger partial charge in [-0.05, 0) is 80.3 Å². The molecule has 0 aliphatic carbocycles. The van der Waals surface area contributed by atoms with Gasteiger partial charge in [-0.1, -0.05) is 42.5 Å². The lowest BCUT2D eigenvalue weighted by molar-refractivity contribution is -0.143. The van der Waals surface area contributed by atoms with Crippen molar-refractivity contribution in [3.63, 3.8) is 0 Å². The highest BCUT2D eigenvalue weighted by molar-refractivity contribution is 7.91. The number of nitrogens with zero attached hydrogens (tertiary/aromatic N) is 3. The molecule has 52 heavy (non-hydrogen) atoms.